The lowest BCUT2D eigenvalue weighted by atomic mass is 10.3. The van der Waals surface area contributed by atoms with Gasteiger partial charge in [0.05, 0.1) is 18.2 Å². The molecule has 0 amide bonds. The van der Waals surface area contributed by atoms with Crippen LogP contribution in [-0.2, 0) is 6.54 Å². The van der Waals surface area contributed by atoms with Crippen LogP contribution in [0.3, 0.4) is 0 Å². The Balaban J connectivity index is 2.33. The summed E-state index contributed by atoms with van der Waals surface area (Å²) in [6.07, 6.45) is 3.29. The Morgan fingerprint density at radius 1 is 1.55 bits per heavy atom. The largest absolute Gasteiger partial charge is 0.484 e. The number of nitrogens with zero attached hydrogens (tertiary/aromatic N) is 3. The number of methoxy groups -OCH3 is 1. The Labute approximate surface area is 134 Å². The minimum absolute atomic E-state index is 0.0984. The first-order chi connectivity index (χ1) is 10.5. The SMILES string of the molecule is COc1c(O)[n+](Cc2cnc(Cl)s2)c2c(C)cccn2c1=O. The Bertz CT molecular complexity index is 920. The van der Waals surface area contributed by atoms with Crippen molar-refractivity contribution in [3.63, 3.8) is 0 Å². The van der Waals surface area contributed by atoms with Crippen LogP contribution in [-0.4, -0.2) is 21.6 Å². The zero-order valence-corrected chi connectivity index (χ0v) is 13.5. The molecule has 22 heavy (non-hydrogen) atoms. The highest BCUT2D eigenvalue weighted by atomic mass is 35.5. The lowest BCUT2D eigenvalue weighted by Gasteiger charge is -2.09. The maximum atomic E-state index is 12.4. The number of fused-ring (bicyclic) bond motifs is 1. The van der Waals surface area contributed by atoms with Gasteiger partial charge in [-0.25, -0.2) is 9.78 Å². The number of rotatable bonds is 3. The third kappa shape index (κ3) is 2.32. The molecule has 0 aliphatic rings. The van der Waals surface area contributed by atoms with E-state index in [0.29, 0.717) is 16.7 Å². The fourth-order valence-corrected chi connectivity index (χ4v) is 3.35. The number of ether oxygens (including phenoxy) is 1. The van der Waals surface area contributed by atoms with Gasteiger partial charge in [0.1, 0.15) is 6.54 Å². The summed E-state index contributed by atoms with van der Waals surface area (Å²) in [4.78, 5) is 17.2. The van der Waals surface area contributed by atoms with Gasteiger partial charge in [0, 0.05) is 11.8 Å². The zero-order chi connectivity index (χ0) is 15.9. The van der Waals surface area contributed by atoms with Gasteiger partial charge in [-0.2, -0.15) is 8.97 Å². The van der Waals surface area contributed by atoms with Crippen molar-refractivity contribution in [3.05, 3.63) is 49.8 Å². The van der Waals surface area contributed by atoms with Crippen molar-refractivity contribution in [2.75, 3.05) is 7.11 Å². The van der Waals surface area contributed by atoms with Gasteiger partial charge in [0.25, 0.3) is 11.4 Å². The molecule has 3 aromatic rings. The smallest absolute Gasteiger partial charge is 0.389 e. The molecule has 0 fully saturated rings. The molecule has 0 spiro atoms. The summed E-state index contributed by atoms with van der Waals surface area (Å²) in [5.74, 6) is -0.315. The monoisotopic (exact) mass is 338 g/mol. The number of halogens is 1. The van der Waals surface area contributed by atoms with Crippen LogP contribution in [0.1, 0.15) is 10.4 Å². The van der Waals surface area contributed by atoms with E-state index in [2.05, 4.69) is 4.98 Å². The van der Waals surface area contributed by atoms with Gasteiger partial charge in [-0.1, -0.05) is 11.6 Å². The minimum atomic E-state index is -0.405. The first-order valence-electron chi connectivity index (χ1n) is 6.44. The number of hydrogen-bond acceptors (Lipinski definition) is 5. The molecule has 0 unspecified atom stereocenters. The van der Waals surface area contributed by atoms with Crippen molar-refractivity contribution < 1.29 is 14.4 Å². The Morgan fingerprint density at radius 2 is 2.32 bits per heavy atom. The molecular formula is C14H13ClN3O3S+. The number of pyridine rings is 1. The molecule has 0 aliphatic heterocycles. The maximum Gasteiger partial charge on any atom is 0.389 e. The average Bonchev–Trinajstić information content (AvgIpc) is 2.89. The Morgan fingerprint density at radius 3 is 2.95 bits per heavy atom. The summed E-state index contributed by atoms with van der Waals surface area (Å²) >= 11 is 7.17. The second-order valence-corrected chi connectivity index (χ2v) is 6.41. The molecule has 0 saturated carbocycles. The molecule has 0 aliphatic carbocycles. The van der Waals surface area contributed by atoms with Gasteiger partial charge in [0.2, 0.25) is 0 Å². The molecule has 0 radical (unpaired) electrons. The van der Waals surface area contributed by atoms with Crippen LogP contribution >= 0.6 is 22.9 Å². The average molecular weight is 339 g/mol. The van der Waals surface area contributed by atoms with Gasteiger partial charge in [-0.3, -0.25) is 0 Å². The van der Waals surface area contributed by atoms with Crippen molar-refractivity contribution in [2.45, 2.75) is 13.5 Å². The molecule has 3 heterocycles. The predicted molar refractivity (Wildman–Crippen MR) is 83.0 cm³/mol. The van der Waals surface area contributed by atoms with Crippen molar-refractivity contribution in [1.29, 1.82) is 0 Å². The van der Waals surface area contributed by atoms with E-state index in [1.807, 2.05) is 13.0 Å². The van der Waals surface area contributed by atoms with Gasteiger partial charge in [-0.15, -0.1) is 11.3 Å². The molecular weight excluding hydrogens is 326 g/mol. The maximum absolute atomic E-state index is 12.4. The summed E-state index contributed by atoms with van der Waals surface area (Å²) < 4.78 is 8.56. The Hall–Kier alpha value is -2.12. The van der Waals surface area contributed by atoms with E-state index in [1.54, 1.807) is 23.0 Å². The fraction of sp³-hybridized carbons (Fsp3) is 0.214. The van der Waals surface area contributed by atoms with Gasteiger partial charge in [-0.05, 0) is 19.1 Å². The molecule has 1 N–H and O–H groups in total. The molecule has 8 heteroatoms. The van der Waals surface area contributed by atoms with Crippen LogP contribution in [0.4, 0.5) is 0 Å². The van der Waals surface area contributed by atoms with E-state index in [4.69, 9.17) is 16.3 Å². The van der Waals surface area contributed by atoms with E-state index in [1.165, 1.54) is 22.8 Å². The van der Waals surface area contributed by atoms with E-state index < -0.39 is 5.56 Å². The molecule has 0 atom stereocenters. The van der Waals surface area contributed by atoms with Crippen molar-refractivity contribution in [1.82, 2.24) is 9.38 Å². The van der Waals surface area contributed by atoms with Crippen molar-refractivity contribution in [3.8, 4) is 11.6 Å². The zero-order valence-electron chi connectivity index (χ0n) is 11.9. The van der Waals surface area contributed by atoms with E-state index in [0.717, 1.165) is 10.4 Å². The van der Waals surface area contributed by atoms with Crippen molar-refractivity contribution >= 4 is 28.6 Å². The molecule has 3 aromatic heterocycles. The number of aryl methyl sites for hydroxylation is 1. The second-order valence-electron chi connectivity index (χ2n) is 4.71. The highest BCUT2D eigenvalue weighted by molar-refractivity contribution is 7.15. The number of aromatic hydroxyl groups is 1. The topological polar surface area (TPSA) is 67.7 Å². The molecule has 0 saturated heterocycles. The Kier molecular flexibility index (Phi) is 3.76. The van der Waals surface area contributed by atoms with Crippen LogP contribution in [0.2, 0.25) is 4.47 Å². The fourth-order valence-electron chi connectivity index (χ4n) is 2.38. The van der Waals surface area contributed by atoms with E-state index in [-0.39, 0.29) is 11.6 Å². The van der Waals surface area contributed by atoms with Gasteiger partial charge in [0.15, 0.2) is 4.47 Å². The van der Waals surface area contributed by atoms with Crippen molar-refractivity contribution in [2.24, 2.45) is 0 Å². The third-order valence-electron chi connectivity index (χ3n) is 3.33. The number of hydrogen-bond donors (Lipinski definition) is 1. The molecule has 114 valence electrons. The van der Waals surface area contributed by atoms with Gasteiger partial charge < -0.3 is 9.84 Å². The highest BCUT2D eigenvalue weighted by Crippen LogP contribution is 2.22. The normalized spacial score (nSPS) is 11.0. The number of aromatic nitrogens is 3. The van der Waals surface area contributed by atoms with Crippen LogP contribution in [0.15, 0.2) is 29.3 Å². The summed E-state index contributed by atoms with van der Waals surface area (Å²) in [6.45, 7) is 2.21. The minimum Gasteiger partial charge on any atom is -0.484 e. The molecule has 0 aromatic carbocycles. The van der Waals surface area contributed by atoms with Crippen LogP contribution in [0.5, 0.6) is 11.6 Å². The predicted octanol–water partition coefficient (Wildman–Crippen LogP) is 1.77. The molecule has 0 bridgehead atoms. The number of thiazole rings is 1. The summed E-state index contributed by atoms with van der Waals surface area (Å²) in [5, 5.41) is 10.4. The summed E-state index contributed by atoms with van der Waals surface area (Å²) in [6, 6.07) is 3.64. The second kappa shape index (κ2) is 5.58. The molecule has 3 rings (SSSR count). The van der Waals surface area contributed by atoms with E-state index in [9.17, 15) is 9.90 Å². The van der Waals surface area contributed by atoms with Crippen LogP contribution in [0, 0.1) is 6.92 Å². The highest BCUT2D eigenvalue weighted by Gasteiger charge is 2.26. The third-order valence-corrected chi connectivity index (χ3v) is 4.43. The molecule has 6 nitrogen and oxygen atoms in total. The first-order valence-corrected chi connectivity index (χ1v) is 7.63. The van der Waals surface area contributed by atoms with Crippen LogP contribution in [0.25, 0.3) is 5.65 Å². The standard InChI is InChI=1S/C14H12ClN3O3S/c1-8-4-3-5-17-11(8)18(7-9-6-16-14(15)22-9)13(20)10(21-2)12(17)19/h3-6H,7H2,1-2H3/p+1. The summed E-state index contributed by atoms with van der Waals surface area (Å²) in [7, 11) is 1.35. The van der Waals surface area contributed by atoms with E-state index >= 15 is 0 Å². The lowest BCUT2D eigenvalue weighted by molar-refractivity contribution is -0.672. The quantitative estimate of drug-likeness (QED) is 0.739. The first kappa shape index (κ1) is 14.8. The summed E-state index contributed by atoms with van der Waals surface area (Å²) in [5.41, 5.74) is 1.04. The van der Waals surface area contributed by atoms with Gasteiger partial charge >= 0.3 is 11.4 Å². The lowest BCUT2D eigenvalue weighted by Crippen LogP contribution is -2.41. The van der Waals surface area contributed by atoms with Crippen LogP contribution < -0.4 is 14.9 Å².